The molecule has 3 nitrogen and oxygen atoms in total. The molecule has 0 atom stereocenters. The van der Waals surface area contributed by atoms with E-state index in [4.69, 9.17) is 9.47 Å². The summed E-state index contributed by atoms with van der Waals surface area (Å²) < 4.78 is 25.1. The maximum Gasteiger partial charge on any atom is 0.165 e. The van der Waals surface area contributed by atoms with Crippen LogP contribution in [0.2, 0.25) is 0 Å². The molecule has 150 valence electrons. The van der Waals surface area contributed by atoms with Crippen molar-refractivity contribution in [3.63, 3.8) is 0 Å². The highest BCUT2D eigenvalue weighted by molar-refractivity contribution is 5.52. The lowest BCUT2D eigenvalue weighted by atomic mass is 10.0. The van der Waals surface area contributed by atoms with Crippen molar-refractivity contribution in [3.05, 3.63) is 102 Å². The summed E-state index contributed by atoms with van der Waals surface area (Å²) in [4.78, 5) is 0. The lowest BCUT2D eigenvalue weighted by Gasteiger charge is -2.18. The smallest absolute Gasteiger partial charge is 0.165 e. The first-order valence-electron chi connectivity index (χ1n) is 9.75. The number of benzene rings is 3. The third-order valence-electron chi connectivity index (χ3n) is 4.42. The van der Waals surface area contributed by atoms with Gasteiger partial charge in [0.1, 0.15) is 12.4 Å². The highest BCUT2D eigenvalue weighted by Gasteiger charge is 2.14. The molecule has 3 aromatic rings. The SMILES string of the molecule is C=CCc1cc(CNc2ccccc2)cc(OCC)c1OCc1ccc(F)cc1. The van der Waals surface area contributed by atoms with Crippen molar-refractivity contribution >= 4 is 5.69 Å². The van der Waals surface area contributed by atoms with Crippen molar-refractivity contribution in [2.24, 2.45) is 0 Å². The van der Waals surface area contributed by atoms with Gasteiger partial charge in [0.25, 0.3) is 0 Å². The van der Waals surface area contributed by atoms with Crippen molar-refractivity contribution in [1.29, 1.82) is 0 Å². The van der Waals surface area contributed by atoms with E-state index in [1.807, 2.05) is 49.4 Å². The number of hydrogen-bond donors (Lipinski definition) is 1. The lowest BCUT2D eigenvalue weighted by Crippen LogP contribution is -2.06. The zero-order chi connectivity index (χ0) is 20.5. The van der Waals surface area contributed by atoms with E-state index in [0.29, 0.717) is 37.7 Å². The van der Waals surface area contributed by atoms with E-state index in [-0.39, 0.29) is 5.82 Å². The number of rotatable bonds is 10. The van der Waals surface area contributed by atoms with Gasteiger partial charge >= 0.3 is 0 Å². The Morgan fingerprint density at radius 3 is 2.41 bits per heavy atom. The number of para-hydroxylation sites is 1. The third kappa shape index (κ3) is 5.85. The number of hydrogen-bond acceptors (Lipinski definition) is 3. The summed E-state index contributed by atoms with van der Waals surface area (Å²) in [5, 5.41) is 3.42. The third-order valence-corrected chi connectivity index (χ3v) is 4.42. The maximum atomic E-state index is 13.1. The fourth-order valence-electron chi connectivity index (χ4n) is 3.06. The molecule has 0 spiro atoms. The maximum absolute atomic E-state index is 13.1. The van der Waals surface area contributed by atoms with Crippen LogP contribution in [0, 0.1) is 5.82 Å². The van der Waals surface area contributed by atoms with Crippen LogP contribution in [0.5, 0.6) is 11.5 Å². The molecular formula is C25H26FNO2. The van der Waals surface area contributed by atoms with E-state index in [1.54, 1.807) is 12.1 Å². The predicted octanol–water partition coefficient (Wildman–Crippen LogP) is 6.14. The Morgan fingerprint density at radius 1 is 0.966 bits per heavy atom. The summed E-state index contributed by atoms with van der Waals surface area (Å²) in [5.74, 6) is 1.16. The van der Waals surface area contributed by atoms with Gasteiger partial charge in [-0.3, -0.25) is 0 Å². The Morgan fingerprint density at radius 2 is 1.72 bits per heavy atom. The van der Waals surface area contributed by atoms with Gasteiger partial charge in [-0.15, -0.1) is 6.58 Å². The molecule has 0 aliphatic heterocycles. The second kappa shape index (κ2) is 10.3. The normalized spacial score (nSPS) is 10.4. The number of anilines is 1. The fourth-order valence-corrected chi connectivity index (χ4v) is 3.06. The van der Waals surface area contributed by atoms with Gasteiger partial charge in [-0.25, -0.2) is 4.39 Å². The topological polar surface area (TPSA) is 30.5 Å². The second-order valence-corrected chi connectivity index (χ2v) is 6.64. The number of ether oxygens (including phenoxy) is 2. The van der Waals surface area contributed by atoms with Gasteiger partial charge in [-0.05, 0) is 60.9 Å². The van der Waals surface area contributed by atoms with Gasteiger partial charge in [0.05, 0.1) is 6.61 Å². The Balaban J connectivity index is 1.82. The van der Waals surface area contributed by atoms with Crippen molar-refractivity contribution in [2.75, 3.05) is 11.9 Å². The van der Waals surface area contributed by atoms with Crippen LogP contribution in [-0.2, 0) is 19.6 Å². The van der Waals surface area contributed by atoms with Gasteiger partial charge in [0.2, 0.25) is 0 Å². The minimum atomic E-state index is -0.258. The molecule has 4 heteroatoms. The van der Waals surface area contributed by atoms with Crippen LogP contribution in [0.1, 0.15) is 23.6 Å². The highest BCUT2D eigenvalue weighted by Crippen LogP contribution is 2.35. The lowest BCUT2D eigenvalue weighted by molar-refractivity contribution is 0.267. The van der Waals surface area contributed by atoms with Gasteiger partial charge in [-0.1, -0.05) is 36.4 Å². The van der Waals surface area contributed by atoms with E-state index in [2.05, 4.69) is 18.0 Å². The zero-order valence-corrected chi connectivity index (χ0v) is 16.7. The molecule has 0 aliphatic rings. The van der Waals surface area contributed by atoms with Crippen LogP contribution in [0.3, 0.4) is 0 Å². The first kappa shape index (κ1) is 20.5. The molecule has 3 rings (SSSR count). The molecule has 0 fully saturated rings. The molecule has 3 aromatic carbocycles. The van der Waals surface area contributed by atoms with Crippen LogP contribution < -0.4 is 14.8 Å². The van der Waals surface area contributed by atoms with E-state index in [9.17, 15) is 4.39 Å². The van der Waals surface area contributed by atoms with Crippen LogP contribution in [0.4, 0.5) is 10.1 Å². The molecule has 0 radical (unpaired) electrons. The molecule has 0 saturated heterocycles. The van der Waals surface area contributed by atoms with Crippen LogP contribution in [0.25, 0.3) is 0 Å². The van der Waals surface area contributed by atoms with Gasteiger partial charge in [-0.2, -0.15) is 0 Å². The standard InChI is InChI=1S/C25H26FNO2/c1-3-8-21-15-20(17-27-23-9-6-5-7-10-23)16-24(28-4-2)25(21)29-18-19-11-13-22(26)14-12-19/h3,5-7,9-16,27H,1,4,8,17-18H2,2H3. The molecule has 0 heterocycles. The van der Waals surface area contributed by atoms with Crippen LogP contribution >= 0.6 is 0 Å². The summed E-state index contributed by atoms with van der Waals surface area (Å²) >= 11 is 0. The Bertz CT molecular complexity index is 924. The average molecular weight is 391 g/mol. The molecule has 1 N–H and O–H groups in total. The van der Waals surface area contributed by atoms with E-state index < -0.39 is 0 Å². The first-order chi connectivity index (χ1) is 14.2. The average Bonchev–Trinajstić information content (AvgIpc) is 2.74. The Kier molecular flexibility index (Phi) is 7.28. The predicted molar refractivity (Wildman–Crippen MR) is 116 cm³/mol. The molecule has 0 amide bonds. The molecule has 29 heavy (non-hydrogen) atoms. The number of allylic oxidation sites excluding steroid dienone is 1. The summed E-state index contributed by atoms with van der Waals surface area (Å²) in [5.41, 5.74) is 4.07. The Labute approximate surface area is 171 Å². The van der Waals surface area contributed by atoms with Crippen molar-refractivity contribution in [1.82, 2.24) is 0 Å². The minimum absolute atomic E-state index is 0.258. The largest absolute Gasteiger partial charge is 0.490 e. The summed E-state index contributed by atoms with van der Waals surface area (Å²) in [6, 6.07) is 20.5. The van der Waals surface area contributed by atoms with Crippen molar-refractivity contribution < 1.29 is 13.9 Å². The van der Waals surface area contributed by atoms with E-state index in [0.717, 1.165) is 22.4 Å². The Hall–Kier alpha value is -3.27. The molecule has 0 unspecified atom stereocenters. The highest BCUT2D eigenvalue weighted by atomic mass is 19.1. The molecule has 0 aromatic heterocycles. The monoisotopic (exact) mass is 391 g/mol. The zero-order valence-electron chi connectivity index (χ0n) is 16.7. The summed E-state index contributed by atoms with van der Waals surface area (Å²) in [6.07, 6.45) is 2.52. The van der Waals surface area contributed by atoms with Crippen molar-refractivity contribution in [3.8, 4) is 11.5 Å². The molecule has 0 aliphatic carbocycles. The summed E-state index contributed by atoms with van der Waals surface area (Å²) in [7, 11) is 0. The van der Waals surface area contributed by atoms with E-state index in [1.165, 1.54) is 12.1 Å². The van der Waals surface area contributed by atoms with Gasteiger partial charge in [0, 0.05) is 17.8 Å². The van der Waals surface area contributed by atoms with Gasteiger partial charge in [0.15, 0.2) is 11.5 Å². The number of halogens is 1. The summed E-state index contributed by atoms with van der Waals surface area (Å²) in [6.45, 7) is 7.37. The second-order valence-electron chi connectivity index (χ2n) is 6.64. The number of nitrogens with one attached hydrogen (secondary N) is 1. The quantitative estimate of drug-likeness (QED) is 0.421. The molecular weight excluding hydrogens is 365 g/mol. The molecule has 0 saturated carbocycles. The van der Waals surface area contributed by atoms with E-state index >= 15 is 0 Å². The van der Waals surface area contributed by atoms with Crippen molar-refractivity contribution in [2.45, 2.75) is 26.5 Å². The fraction of sp³-hybridized carbons (Fsp3) is 0.200. The molecule has 0 bridgehead atoms. The minimum Gasteiger partial charge on any atom is -0.490 e. The first-order valence-corrected chi connectivity index (χ1v) is 9.75. The van der Waals surface area contributed by atoms with Crippen LogP contribution in [0.15, 0.2) is 79.4 Å². The van der Waals surface area contributed by atoms with Gasteiger partial charge < -0.3 is 14.8 Å². The van der Waals surface area contributed by atoms with Crippen LogP contribution in [-0.4, -0.2) is 6.61 Å².